The second-order valence-electron chi connectivity index (χ2n) is 22.8. The van der Waals surface area contributed by atoms with Crippen molar-refractivity contribution in [3.8, 4) is 50.8 Å². The van der Waals surface area contributed by atoms with Gasteiger partial charge in [-0.25, -0.2) is 9.64 Å². The fourth-order valence-electron chi connectivity index (χ4n) is 8.99. The zero-order chi connectivity index (χ0) is 51.4. The third-order valence-electron chi connectivity index (χ3n) is 13.4. The van der Waals surface area contributed by atoms with E-state index in [1.165, 1.54) is 35.6 Å². The molecule has 4 aromatic heterocycles. The number of esters is 1. The maximum atomic E-state index is 12.9. The predicted molar refractivity (Wildman–Crippen MR) is 290 cm³/mol. The molecule has 2 N–H and O–H groups in total. The number of pyridine rings is 2. The Hall–Kier alpha value is -7.81. The lowest BCUT2D eigenvalue weighted by molar-refractivity contribution is 0.0600. The molecule has 0 radical (unpaired) electrons. The van der Waals surface area contributed by atoms with Crippen LogP contribution in [0.1, 0.15) is 133 Å². The van der Waals surface area contributed by atoms with Crippen molar-refractivity contribution in [3.63, 3.8) is 0 Å². The van der Waals surface area contributed by atoms with Crippen LogP contribution in [0, 0.1) is 24.8 Å². The summed E-state index contributed by atoms with van der Waals surface area (Å²) in [4.78, 5) is 33.8. The van der Waals surface area contributed by atoms with Crippen molar-refractivity contribution in [1.29, 1.82) is 5.26 Å². The van der Waals surface area contributed by atoms with Crippen LogP contribution >= 0.6 is 0 Å². The molecule has 358 valence electrons. The van der Waals surface area contributed by atoms with Crippen molar-refractivity contribution in [3.05, 3.63) is 188 Å². The van der Waals surface area contributed by atoms with Crippen molar-refractivity contribution in [2.24, 2.45) is 0 Å². The van der Waals surface area contributed by atoms with Crippen LogP contribution in [0.4, 0.5) is 0 Å². The molecule has 0 fully saturated rings. The first kappa shape index (κ1) is 49.6. The number of benzene rings is 4. The Morgan fingerprint density at radius 2 is 0.958 bits per heavy atom. The molecule has 0 unspecified atom stereocenters. The largest absolute Gasteiger partial charge is 0.465 e. The summed E-state index contributed by atoms with van der Waals surface area (Å²) in [6.07, 6.45) is 3.23. The molecule has 0 saturated carbocycles. The van der Waals surface area contributed by atoms with Gasteiger partial charge in [0.25, 0.3) is 0 Å². The Balaban J connectivity index is 1.45. The van der Waals surface area contributed by atoms with E-state index in [0.29, 0.717) is 44.4 Å². The minimum Gasteiger partial charge on any atom is -0.465 e. The Morgan fingerprint density at radius 1 is 0.549 bits per heavy atom. The average molecular weight is 937 g/mol. The van der Waals surface area contributed by atoms with Gasteiger partial charge in [0, 0.05) is 23.2 Å². The van der Waals surface area contributed by atoms with Crippen LogP contribution in [0.25, 0.3) is 71.7 Å². The Bertz CT molecular complexity index is 3400. The number of carbonyl (C=O) groups is 1. The number of aromatic nitrogens is 4. The lowest BCUT2D eigenvalue weighted by Crippen LogP contribution is -2.16. The lowest BCUT2D eigenvalue weighted by Gasteiger charge is -2.26. The summed E-state index contributed by atoms with van der Waals surface area (Å²) in [5.74, 6) is -0.538. The molecular formula is C63H64N6O2. The van der Waals surface area contributed by atoms with Gasteiger partial charge in [-0.15, -0.1) is 0 Å². The molecule has 0 aliphatic rings. The van der Waals surface area contributed by atoms with E-state index >= 15 is 0 Å². The number of rotatable bonds is 7. The molecule has 8 rings (SSSR count). The summed E-state index contributed by atoms with van der Waals surface area (Å²) in [6.45, 7) is 37.7. The highest BCUT2D eigenvalue weighted by Crippen LogP contribution is 2.39. The fraction of sp³-hybridized carbons (Fsp3) is 0.286. The number of nitrogens with one attached hydrogen (secondary N) is 2. The van der Waals surface area contributed by atoms with Crippen LogP contribution in [-0.4, -0.2) is 33.0 Å². The maximum Gasteiger partial charge on any atom is 0.337 e. The van der Waals surface area contributed by atoms with Gasteiger partial charge in [0.2, 0.25) is 5.70 Å². The van der Waals surface area contributed by atoms with E-state index in [9.17, 15) is 10.1 Å². The SMILES string of the molecule is [C-]#[N+]/C(c1cc(C(=O)OC)ccn1)=c1/[nH]c(-c2ccc(-c3cc(C(C)(C)C)cc(C(C)(C)C)c3)cc2)c2/c(=C(\C#N)c3cc(C)ccn3)[nH]c(-c3ccc(-c4cc(C(C)(C)C)cc(C(C)(C)C)c4)cc3)c12. The number of aromatic amines is 2. The van der Waals surface area contributed by atoms with Gasteiger partial charge < -0.3 is 14.7 Å². The molecule has 0 aliphatic carbocycles. The van der Waals surface area contributed by atoms with Gasteiger partial charge in [0.1, 0.15) is 11.6 Å². The van der Waals surface area contributed by atoms with E-state index in [4.69, 9.17) is 16.3 Å². The first-order valence-electron chi connectivity index (χ1n) is 24.2. The number of nitriles is 1. The minimum absolute atomic E-state index is 0.0541. The number of ether oxygens (including phenoxy) is 1. The smallest absolute Gasteiger partial charge is 0.337 e. The van der Waals surface area contributed by atoms with Gasteiger partial charge in [0.05, 0.1) is 52.7 Å². The molecule has 71 heavy (non-hydrogen) atoms. The molecule has 4 heterocycles. The minimum atomic E-state index is -0.538. The summed E-state index contributed by atoms with van der Waals surface area (Å²) in [5, 5.41) is 13.6. The second kappa shape index (κ2) is 18.5. The topological polar surface area (TPSA) is 112 Å². The maximum absolute atomic E-state index is 12.9. The van der Waals surface area contributed by atoms with Crippen molar-refractivity contribution in [1.82, 2.24) is 19.9 Å². The highest BCUT2D eigenvalue weighted by Gasteiger charge is 2.26. The number of methoxy groups -OCH3 is 1. The number of aryl methyl sites for hydroxylation is 1. The normalized spacial score (nSPS) is 13.1. The van der Waals surface area contributed by atoms with E-state index in [1.807, 2.05) is 19.1 Å². The number of hydrogen-bond acceptors (Lipinski definition) is 5. The monoisotopic (exact) mass is 937 g/mol. The lowest BCUT2D eigenvalue weighted by atomic mass is 9.79. The highest BCUT2D eigenvalue weighted by molar-refractivity contribution is 6.07. The van der Waals surface area contributed by atoms with Crippen LogP contribution in [0.15, 0.2) is 122 Å². The van der Waals surface area contributed by atoms with Crippen LogP contribution in [0.2, 0.25) is 0 Å². The highest BCUT2D eigenvalue weighted by atomic mass is 16.5. The van der Waals surface area contributed by atoms with E-state index in [2.05, 4.69) is 194 Å². The molecule has 0 bridgehead atoms. The van der Waals surface area contributed by atoms with E-state index in [1.54, 1.807) is 18.3 Å². The summed E-state index contributed by atoms with van der Waals surface area (Å²) >= 11 is 0. The molecule has 0 amide bonds. The zero-order valence-corrected chi connectivity index (χ0v) is 43.7. The first-order valence-corrected chi connectivity index (χ1v) is 24.2. The van der Waals surface area contributed by atoms with Gasteiger partial charge in [-0.3, -0.25) is 9.97 Å². The van der Waals surface area contributed by atoms with E-state index < -0.39 is 5.97 Å². The van der Waals surface area contributed by atoms with Crippen LogP contribution in [0.5, 0.6) is 0 Å². The fourth-order valence-corrected chi connectivity index (χ4v) is 8.99. The number of nitrogens with zero attached hydrogens (tertiary/aromatic N) is 4. The first-order chi connectivity index (χ1) is 33.4. The molecule has 0 atom stereocenters. The summed E-state index contributed by atoms with van der Waals surface area (Å²) in [5.41, 5.74) is 14.9. The molecule has 8 nitrogen and oxygen atoms in total. The average Bonchev–Trinajstić information content (AvgIpc) is 3.90. The van der Waals surface area contributed by atoms with Crippen molar-refractivity contribution >= 4 is 28.0 Å². The van der Waals surface area contributed by atoms with Crippen molar-refractivity contribution in [2.45, 2.75) is 112 Å². The van der Waals surface area contributed by atoms with Crippen LogP contribution < -0.4 is 10.7 Å². The van der Waals surface area contributed by atoms with Gasteiger partial charge in [0.15, 0.2) is 0 Å². The van der Waals surface area contributed by atoms with Crippen molar-refractivity contribution < 1.29 is 9.53 Å². The van der Waals surface area contributed by atoms with Gasteiger partial charge in [-0.05, 0) is 114 Å². The molecule has 8 aromatic rings. The number of fused-ring (bicyclic) bond motifs is 1. The summed E-state index contributed by atoms with van der Waals surface area (Å²) < 4.78 is 5.08. The third kappa shape index (κ3) is 9.99. The number of hydrogen-bond donors (Lipinski definition) is 2. The summed E-state index contributed by atoms with van der Waals surface area (Å²) in [6, 6.07) is 40.2. The second-order valence-corrected chi connectivity index (χ2v) is 22.8. The van der Waals surface area contributed by atoms with Crippen LogP contribution in [0.3, 0.4) is 0 Å². The molecule has 4 aromatic carbocycles. The predicted octanol–water partition coefficient (Wildman–Crippen LogP) is 14.0. The Labute approximate surface area is 419 Å². The third-order valence-corrected chi connectivity index (χ3v) is 13.4. The van der Waals surface area contributed by atoms with Crippen LogP contribution in [-0.2, 0) is 26.4 Å². The van der Waals surface area contributed by atoms with Crippen molar-refractivity contribution in [2.75, 3.05) is 7.11 Å². The molecular weight excluding hydrogens is 873 g/mol. The Kier molecular flexibility index (Phi) is 12.9. The summed E-state index contributed by atoms with van der Waals surface area (Å²) in [7, 11) is 1.33. The molecule has 8 heteroatoms. The molecule has 0 spiro atoms. The molecule has 0 aliphatic heterocycles. The van der Waals surface area contributed by atoms with E-state index in [-0.39, 0.29) is 32.9 Å². The zero-order valence-electron chi connectivity index (χ0n) is 43.7. The van der Waals surface area contributed by atoms with E-state index in [0.717, 1.165) is 44.3 Å². The number of H-pyrrole nitrogens is 2. The van der Waals surface area contributed by atoms with Gasteiger partial charge in [-0.2, -0.15) is 5.26 Å². The quantitative estimate of drug-likeness (QED) is 0.122. The standard InChI is InChI=1S/C63H64N6O2/c1-37-24-26-66-50(28-37)49(36-64)56-52-53(55(68-56)41-22-18-39(19-23-41)44-31-47(62(8,9)10)35-48(32-44)63(11,12)13)58(57(65-14)51-33-42(25-27-67-51)59(70)71-15)69-54(52)40-20-16-38(17-21-40)43-29-45(60(2,3)4)34-46(30-43)61(5,6)7/h16-35,68-69H,1-13,15H3/b56-49-,58-57+. The number of carbonyl (C=O) groups excluding carboxylic acids is 1. The van der Waals surface area contributed by atoms with Gasteiger partial charge >= 0.3 is 5.97 Å². The van der Waals surface area contributed by atoms with Gasteiger partial charge in [-0.1, -0.05) is 168 Å². The Morgan fingerprint density at radius 3 is 1.37 bits per heavy atom. The molecule has 0 saturated heterocycles.